The van der Waals surface area contributed by atoms with Gasteiger partial charge in [0.1, 0.15) is 17.2 Å². The molecule has 230 valence electrons. The highest BCUT2D eigenvalue weighted by molar-refractivity contribution is 7.14. The quantitative estimate of drug-likeness (QED) is 0.200. The van der Waals surface area contributed by atoms with E-state index in [0.29, 0.717) is 17.0 Å². The number of anilines is 1. The van der Waals surface area contributed by atoms with E-state index in [1.807, 2.05) is 18.4 Å². The SMILES string of the molecule is Cc1cc(C(=O)O)ccc1-c1csc(N2[C@@H]3CC[C@H]2CC(OCc2c(-c4ccccc4OC(F)(F)F)noc2C2CC2)C3)n1. The summed E-state index contributed by atoms with van der Waals surface area (Å²) < 4.78 is 55.9. The number of alkyl halides is 3. The number of nitrogens with zero attached hydrogens (tertiary/aromatic N) is 3. The smallest absolute Gasteiger partial charge is 0.478 e. The normalized spacial score (nSPS) is 21.5. The van der Waals surface area contributed by atoms with Gasteiger partial charge in [0, 0.05) is 40.1 Å². The number of aromatic carboxylic acids is 1. The Morgan fingerprint density at radius 1 is 1.09 bits per heavy atom. The summed E-state index contributed by atoms with van der Waals surface area (Å²) in [6, 6.07) is 11.6. The van der Waals surface area contributed by atoms with Crippen molar-refractivity contribution in [3.05, 3.63) is 70.3 Å². The second kappa shape index (κ2) is 11.2. The Morgan fingerprint density at radius 3 is 2.52 bits per heavy atom. The van der Waals surface area contributed by atoms with Crippen LogP contribution in [0.5, 0.6) is 5.75 Å². The van der Waals surface area contributed by atoms with Crippen molar-refractivity contribution in [3.8, 4) is 28.3 Å². The molecule has 2 aromatic heterocycles. The van der Waals surface area contributed by atoms with Gasteiger partial charge in [-0.3, -0.25) is 0 Å². The maximum atomic E-state index is 13.1. The van der Waals surface area contributed by atoms with Crippen LogP contribution in [0.15, 0.2) is 52.4 Å². The highest BCUT2D eigenvalue weighted by Crippen LogP contribution is 2.47. The lowest BCUT2D eigenvalue weighted by atomic mass is 9.99. The summed E-state index contributed by atoms with van der Waals surface area (Å²) in [4.78, 5) is 18.7. The van der Waals surface area contributed by atoms with Gasteiger partial charge in [-0.05, 0) is 75.3 Å². The summed E-state index contributed by atoms with van der Waals surface area (Å²) in [6.45, 7) is 2.09. The Kier molecular flexibility index (Phi) is 7.36. The first-order valence-electron chi connectivity index (χ1n) is 14.7. The topological polar surface area (TPSA) is 97.9 Å². The maximum Gasteiger partial charge on any atom is 0.573 e. The predicted octanol–water partition coefficient (Wildman–Crippen LogP) is 7.96. The van der Waals surface area contributed by atoms with Gasteiger partial charge in [-0.25, -0.2) is 9.78 Å². The average Bonchev–Trinajstić information content (AvgIpc) is 3.45. The first kappa shape index (κ1) is 28.8. The van der Waals surface area contributed by atoms with E-state index in [0.717, 1.165) is 60.5 Å². The fraction of sp³-hybridized carbons (Fsp3) is 0.406. The molecule has 1 N–H and O–H groups in total. The van der Waals surface area contributed by atoms with Gasteiger partial charge in [0.2, 0.25) is 0 Å². The number of halogens is 3. The molecule has 2 aliphatic heterocycles. The molecule has 12 heteroatoms. The van der Waals surface area contributed by atoms with Crippen molar-refractivity contribution in [2.45, 2.75) is 82.5 Å². The summed E-state index contributed by atoms with van der Waals surface area (Å²) in [6.07, 6.45) is 0.722. The summed E-state index contributed by atoms with van der Waals surface area (Å²) in [5.74, 6) is -0.389. The molecule has 3 atom stereocenters. The van der Waals surface area contributed by atoms with E-state index < -0.39 is 12.3 Å². The Labute approximate surface area is 255 Å². The molecular weight excluding hydrogens is 595 g/mol. The molecular formula is C32H30F3N3O5S. The highest BCUT2D eigenvalue weighted by Gasteiger charge is 2.43. The molecule has 4 heterocycles. The lowest BCUT2D eigenvalue weighted by molar-refractivity contribution is -0.274. The minimum absolute atomic E-state index is 0.0227. The third-order valence-corrected chi connectivity index (χ3v) is 9.60. The second-order valence-corrected chi connectivity index (χ2v) is 12.6. The molecule has 3 aliphatic rings. The average molecular weight is 626 g/mol. The molecule has 0 radical (unpaired) electrons. The highest BCUT2D eigenvalue weighted by atomic mass is 32.1. The molecule has 0 spiro atoms. The van der Waals surface area contributed by atoms with Gasteiger partial charge in [-0.15, -0.1) is 24.5 Å². The van der Waals surface area contributed by atoms with Crippen LogP contribution < -0.4 is 9.64 Å². The van der Waals surface area contributed by atoms with E-state index in [1.165, 1.54) is 12.1 Å². The van der Waals surface area contributed by atoms with E-state index >= 15 is 0 Å². The van der Waals surface area contributed by atoms with Gasteiger partial charge < -0.3 is 24.0 Å². The summed E-state index contributed by atoms with van der Waals surface area (Å²) in [5.41, 5.74) is 4.11. The summed E-state index contributed by atoms with van der Waals surface area (Å²) >= 11 is 1.59. The molecule has 2 saturated heterocycles. The number of fused-ring (bicyclic) bond motifs is 2. The Balaban J connectivity index is 1.07. The molecule has 4 aromatic rings. The Morgan fingerprint density at radius 2 is 1.84 bits per heavy atom. The molecule has 2 bridgehead atoms. The van der Waals surface area contributed by atoms with Crippen LogP contribution in [-0.4, -0.2) is 45.8 Å². The minimum atomic E-state index is -4.83. The Bertz CT molecular complexity index is 1680. The number of carboxylic acids is 1. The monoisotopic (exact) mass is 625 g/mol. The van der Waals surface area contributed by atoms with E-state index in [-0.39, 0.29) is 47.6 Å². The number of hydrogen-bond acceptors (Lipinski definition) is 8. The van der Waals surface area contributed by atoms with Crippen molar-refractivity contribution in [2.24, 2.45) is 0 Å². The molecule has 1 aliphatic carbocycles. The van der Waals surface area contributed by atoms with Crippen molar-refractivity contribution in [1.82, 2.24) is 10.1 Å². The number of thiazole rings is 1. The van der Waals surface area contributed by atoms with E-state index in [9.17, 15) is 23.1 Å². The third-order valence-electron chi connectivity index (χ3n) is 8.75. The van der Waals surface area contributed by atoms with Crippen molar-refractivity contribution in [3.63, 3.8) is 0 Å². The fourth-order valence-electron chi connectivity index (χ4n) is 6.58. The number of aromatic nitrogens is 2. The maximum absolute atomic E-state index is 13.1. The van der Waals surface area contributed by atoms with Gasteiger partial charge in [0.15, 0.2) is 5.13 Å². The molecule has 44 heavy (non-hydrogen) atoms. The summed E-state index contributed by atoms with van der Waals surface area (Å²) in [5, 5.41) is 16.5. The van der Waals surface area contributed by atoms with Gasteiger partial charge >= 0.3 is 12.3 Å². The molecule has 1 unspecified atom stereocenters. The van der Waals surface area contributed by atoms with Crippen LogP contribution in [0.4, 0.5) is 18.3 Å². The van der Waals surface area contributed by atoms with Gasteiger partial charge in [-0.2, -0.15) is 0 Å². The molecule has 8 nitrogen and oxygen atoms in total. The van der Waals surface area contributed by atoms with Gasteiger partial charge in [-0.1, -0.05) is 23.4 Å². The number of aryl methyl sites for hydroxylation is 1. The predicted molar refractivity (Wildman–Crippen MR) is 157 cm³/mol. The molecule has 2 aromatic carbocycles. The van der Waals surface area contributed by atoms with Gasteiger partial charge in [0.25, 0.3) is 0 Å². The zero-order valence-corrected chi connectivity index (χ0v) is 24.7. The molecule has 3 fully saturated rings. The van der Waals surface area contributed by atoms with E-state index in [1.54, 1.807) is 35.6 Å². The van der Waals surface area contributed by atoms with Crippen molar-refractivity contribution >= 4 is 22.4 Å². The van der Waals surface area contributed by atoms with Gasteiger partial charge in [0.05, 0.1) is 24.0 Å². The number of rotatable bonds is 9. The lowest BCUT2D eigenvalue weighted by Crippen LogP contribution is -2.45. The van der Waals surface area contributed by atoms with Crippen LogP contribution in [0.1, 0.15) is 71.7 Å². The van der Waals surface area contributed by atoms with Crippen LogP contribution in [0.3, 0.4) is 0 Å². The van der Waals surface area contributed by atoms with E-state index in [2.05, 4.69) is 14.8 Å². The van der Waals surface area contributed by atoms with Crippen molar-refractivity contribution in [1.29, 1.82) is 0 Å². The lowest BCUT2D eigenvalue weighted by Gasteiger charge is -2.38. The number of benzene rings is 2. The molecule has 7 rings (SSSR count). The molecule has 1 saturated carbocycles. The standard InChI is InChI=1S/C32H30F3N3O5S/c1-17-12-19(30(39)40)8-11-23(17)26-16-44-31(36-26)38-20-9-10-21(38)14-22(13-20)41-15-25-28(37-43-29(25)18-6-7-18)24-4-2-3-5-27(24)42-32(33,34)35/h2-5,8,11-12,16,18,20-22H,6-7,9-10,13-15H2,1H3,(H,39,40)/t20-,21+,22?. The minimum Gasteiger partial charge on any atom is -0.478 e. The second-order valence-electron chi connectivity index (χ2n) is 11.7. The first-order valence-corrected chi connectivity index (χ1v) is 15.6. The Hall–Kier alpha value is -3.90. The number of para-hydroxylation sites is 1. The third kappa shape index (κ3) is 5.68. The number of carboxylic acid groups (broad SMARTS) is 1. The number of carbonyl (C=O) groups is 1. The number of piperidine rings is 1. The van der Waals surface area contributed by atoms with Crippen LogP contribution in [0.25, 0.3) is 22.5 Å². The zero-order valence-electron chi connectivity index (χ0n) is 23.8. The van der Waals surface area contributed by atoms with Crippen LogP contribution in [-0.2, 0) is 11.3 Å². The van der Waals surface area contributed by atoms with Crippen LogP contribution in [0.2, 0.25) is 0 Å². The fourth-order valence-corrected chi connectivity index (χ4v) is 7.55. The summed E-state index contributed by atoms with van der Waals surface area (Å²) in [7, 11) is 0. The van der Waals surface area contributed by atoms with Crippen LogP contribution in [0, 0.1) is 6.92 Å². The molecule has 0 amide bonds. The largest absolute Gasteiger partial charge is 0.573 e. The van der Waals surface area contributed by atoms with E-state index in [4.69, 9.17) is 14.2 Å². The zero-order chi connectivity index (χ0) is 30.6. The van der Waals surface area contributed by atoms with Crippen molar-refractivity contribution < 1.29 is 37.1 Å². The number of hydrogen-bond donors (Lipinski definition) is 1. The van der Waals surface area contributed by atoms with Crippen LogP contribution >= 0.6 is 11.3 Å². The first-order chi connectivity index (χ1) is 21.1. The van der Waals surface area contributed by atoms with Crippen molar-refractivity contribution in [2.75, 3.05) is 4.90 Å². The number of ether oxygens (including phenoxy) is 2.